The first-order valence-corrected chi connectivity index (χ1v) is 8.11. The molecule has 5 heteroatoms. The zero-order valence-electron chi connectivity index (χ0n) is 11.3. The molecular weight excluding hydrogens is 327 g/mol. The van der Waals surface area contributed by atoms with Gasteiger partial charge in [-0.2, -0.15) is 0 Å². The van der Waals surface area contributed by atoms with Crippen LogP contribution >= 0.6 is 34.5 Å². The minimum Gasteiger partial charge on any atom is -0.466 e. The minimum absolute atomic E-state index is 0.205. The first-order chi connectivity index (χ1) is 10.1. The Morgan fingerprint density at radius 2 is 1.81 bits per heavy atom. The number of fused-ring (bicyclic) bond motifs is 3. The second-order valence-corrected chi connectivity index (χ2v) is 6.58. The Kier molecular flexibility index (Phi) is 4.07. The van der Waals surface area contributed by atoms with E-state index in [1.165, 1.54) is 0 Å². The lowest BCUT2D eigenvalue weighted by Crippen LogP contribution is -2.07. The molecule has 0 atom stereocenters. The van der Waals surface area contributed by atoms with Gasteiger partial charge in [0.05, 0.1) is 23.1 Å². The van der Waals surface area contributed by atoms with E-state index in [9.17, 15) is 4.79 Å². The summed E-state index contributed by atoms with van der Waals surface area (Å²) in [6.45, 7) is 2.21. The number of carbonyl (C=O) groups is 1. The van der Waals surface area contributed by atoms with Crippen LogP contribution in [0.25, 0.3) is 20.2 Å². The summed E-state index contributed by atoms with van der Waals surface area (Å²) < 4.78 is 7.18. The van der Waals surface area contributed by atoms with E-state index in [1.54, 1.807) is 18.3 Å². The zero-order valence-corrected chi connectivity index (χ0v) is 13.6. The summed E-state index contributed by atoms with van der Waals surface area (Å²) in [5.41, 5.74) is 0.949. The van der Waals surface area contributed by atoms with Gasteiger partial charge in [-0.15, -0.1) is 11.3 Å². The molecule has 108 valence electrons. The fraction of sp³-hybridized carbons (Fsp3) is 0.188. The summed E-state index contributed by atoms with van der Waals surface area (Å²) in [7, 11) is 0. The number of carbonyl (C=O) groups excluding carboxylic acids is 1. The van der Waals surface area contributed by atoms with E-state index in [0.29, 0.717) is 23.1 Å². The molecule has 3 rings (SSSR count). The molecule has 2 aromatic carbocycles. The van der Waals surface area contributed by atoms with Crippen LogP contribution in [0.15, 0.2) is 30.3 Å². The fourth-order valence-corrected chi connectivity index (χ4v) is 3.89. The standard InChI is InChI=1S/C16H12Cl2O2S/c1-2-20-16(19)6-9-3-4-10-11-7-12(17)13(18)8-15(11)21-14(10)5-9/h3-5,7-8H,2,6H2,1H3. The van der Waals surface area contributed by atoms with Crippen molar-refractivity contribution in [2.24, 2.45) is 0 Å². The topological polar surface area (TPSA) is 26.3 Å². The second-order valence-electron chi connectivity index (χ2n) is 4.68. The van der Waals surface area contributed by atoms with Gasteiger partial charge in [-0.05, 0) is 30.7 Å². The van der Waals surface area contributed by atoms with Gasteiger partial charge in [0, 0.05) is 20.2 Å². The molecule has 0 amide bonds. The molecule has 0 saturated carbocycles. The molecule has 0 aliphatic heterocycles. The van der Waals surface area contributed by atoms with E-state index in [0.717, 1.165) is 25.7 Å². The Hall–Kier alpha value is -1.29. The SMILES string of the molecule is CCOC(=O)Cc1ccc2c(c1)sc1cc(Cl)c(Cl)cc12. The van der Waals surface area contributed by atoms with Crippen molar-refractivity contribution in [3.8, 4) is 0 Å². The lowest BCUT2D eigenvalue weighted by molar-refractivity contribution is -0.142. The molecular formula is C16H12Cl2O2S. The van der Waals surface area contributed by atoms with Crippen LogP contribution in [0.2, 0.25) is 10.0 Å². The molecule has 0 spiro atoms. The van der Waals surface area contributed by atoms with E-state index in [-0.39, 0.29) is 5.97 Å². The largest absolute Gasteiger partial charge is 0.466 e. The van der Waals surface area contributed by atoms with Crippen LogP contribution in [0.4, 0.5) is 0 Å². The third-order valence-corrected chi connectivity index (χ3v) is 5.07. The number of ether oxygens (including phenoxy) is 1. The van der Waals surface area contributed by atoms with E-state index in [4.69, 9.17) is 27.9 Å². The van der Waals surface area contributed by atoms with Crippen LogP contribution in [0, 0.1) is 0 Å². The molecule has 0 bridgehead atoms. The number of esters is 1. The van der Waals surface area contributed by atoms with E-state index in [1.807, 2.05) is 30.3 Å². The van der Waals surface area contributed by atoms with Crippen molar-refractivity contribution in [3.63, 3.8) is 0 Å². The first-order valence-electron chi connectivity index (χ1n) is 6.54. The van der Waals surface area contributed by atoms with Gasteiger partial charge in [0.15, 0.2) is 0 Å². The lowest BCUT2D eigenvalue weighted by Gasteiger charge is -2.02. The summed E-state index contributed by atoms with van der Waals surface area (Å²) in [5.74, 6) is -0.205. The maximum atomic E-state index is 11.6. The molecule has 1 aromatic heterocycles. The molecule has 0 radical (unpaired) electrons. The van der Waals surface area contributed by atoms with Crippen molar-refractivity contribution in [2.75, 3.05) is 6.61 Å². The second kappa shape index (κ2) is 5.84. The van der Waals surface area contributed by atoms with Gasteiger partial charge in [0.2, 0.25) is 0 Å². The van der Waals surface area contributed by atoms with Gasteiger partial charge < -0.3 is 4.74 Å². The van der Waals surface area contributed by atoms with Gasteiger partial charge in [-0.25, -0.2) is 0 Å². The molecule has 0 aliphatic rings. The van der Waals surface area contributed by atoms with Gasteiger partial charge in [0.25, 0.3) is 0 Å². The highest BCUT2D eigenvalue weighted by atomic mass is 35.5. The van der Waals surface area contributed by atoms with Crippen LogP contribution in [-0.2, 0) is 16.0 Å². The number of halogens is 2. The van der Waals surface area contributed by atoms with E-state index >= 15 is 0 Å². The number of rotatable bonds is 3. The Labute approximate surface area is 136 Å². The molecule has 1 heterocycles. The normalized spacial score (nSPS) is 11.2. The van der Waals surface area contributed by atoms with Crippen LogP contribution in [0.5, 0.6) is 0 Å². The van der Waals surface area contributed by atoms with Crippen LogP contribution < -0.4 is 0 Å². The molecule has 0 N–H and O–H groups in total. The Bertz CT molecular complexity index is 839. The van der Waals surface area contributed by atoms with Crippen LogP contribution in [0.1, 0.15) is 12.5 Å². The van der Waals surface area contributed by atoms with Crippen LogP contribution in [-0.4, -0.2) is 12.6 Å². The highest BCUT2D eigenvalue weighted by molar-refractivity contribution is 7.25. The van der Waals surface area contributed by atoms with Gasteiger partial charge >= 0.3 is 5.97 Å². The number of hydrogen-bond donors (Lipinski definition) is 0. The number of benzene rings is 2. The maximum absolute atomic E-state index is 11.6. The summed E-state index contributed by atoms with van der Waals surface area (Å²) in [6, 6.07) is 9.78. The smallest absolute Gasteiger partial charge is 0.310 e. The van der Waals surface area contributed by atoms with Gasteiger partial charge in [-0.3, -0.25) is 4.79 Å². The molecule has 21 heavy (non-hydrogen) atoms. The quantitative estimate of drug-likeness (QED) is 0.592. The number of thiophene rings is 1. The maximum Gasteiger partial charge on any atom is 0.310 e. The van der Waals surface area contributed by atoms with Crippen molar-refractivity contribution in [1.29, 1.82) is 0 Å². The Balaban J connectivity index is 2.06. The highest BCUT2D eigenvalue weighted by Crippen LogP contribution is 2.38. The molecule has 0 unspecified atom stereocenters. The van der Waals surface area contributed by atoms with Crippen molar-refractivity contribution in [2.45, 2.75) is 13.3 Å². The summed E-state index contributed by atoms with van der Waals surface area (Å²) in [6.07, 6.45) is 0.291. The number of hydrogen-bond acceptors (Lipinski definition) is 3. The van der Waals surface area contributed by atoms with Gasteiger partial charge in [-0.1, -0.05) is 35.3 Å². The Morgan fingerprint density at radius 1 is 1.10 bits per heavy atom. The van der Waals surface area contributed by atoms with E-state index < -0.39 is 0 Å². The van der Waals surface area contributed by atoms with Crippen LogP contribution in [0.3, 0.4) is 0 Å². The lowest BCUT2D eigenvalue weighted by atomic mass is 10.1. The third kappa shape index (κ3) is 2.86. The average molecular weight is 339 g/mol. The molecule has 0 aliphatic carbocycles. The molecule has 2 nitrogen and oxygen atoms in total. The Morgan fingerprint density at radius 3 is 2.57 bits per heavy atom. The van der Waals surface area contributed by atoms with Crippen molar-refractivity contribution >= 4 is 60.7 Å². The van der Waals surface area contributed by atoms with Gasteiger partial charge in [0.1, 0.15) is 0 Å². The third-order valence-electron chi connectivity index (χ3n) is 3.23. The molecule has 0 saturated heterocycles. The summed E-state index contributed by atoms with van der Waals surface area (Å²) in [5, 5.41) is 3.33. The molecule has 3 aromatic rings. The first kappa shape index (κ1) is 14.6. The fourth-order valence-electron chi connectivity index (χ4n) is 2.30. The predicted molar refractivity (Wildman–Crippen MR) is 89.7 cm³/mol. The average Bonchev–Trinajstić information content (AvgIpc) is 2.76. The highest BCUT2D eigenvalue weighted by Gasteiger charge is 2.10. The monoisotopic (exact) mass is 338 g/mol. The predicted octanol–water partition coefficient (Wildman–Crippen LogP) is 5.47. The minimum atomic E-state index is -0.205. The molecule has 0 fully saturated rings. The zero-order chi connectivity index (χ0) is 15.0. The summed E-state index contributed by atoms with van der Waals surface area (Å²) >= 11 is 13.8. The van der Waals surface area contributed by atoms with Crippen molar-refractivity contribution < 1.29 is 9.53 Å². The van der Waals surface area contributed by atoms with Crippen molar-refractivity contribution in [3.05, 3.63) is 45.9 Å². The van der Waals surface area contributed by atoms with E-state index in [2.05, 4.69) is 0 Å². The van der Waals surface area contributed by atoms with Crippen molar-refractivity contribution in [1.82, 2.24) is 0 Å². The summed E-state index contributed by atoms with van der Waals surface area (Å²) in [4.78, 5) is 11.6.